The maximum atomic E-state index is 3.87. The lowest BCUT2D eigenvalue weighted by atomic mass is 9.90. The SMILES string of the molecule is Brc1c2ccccc2c(-c2cccc(-c3cccc(-c4ccccc4)c3)c2)c2ccccc12. The molecular weight excluding hydrogens is 464 g/mol. The van der Waals surface area contributed by atoms with Gasteiger partial charge < -0.3 is 0 Å². The van der Waals surface area contributed by atoms with Gasteiger partial charge in [-0.1, -0.05) is 115 Å². The summed E-state index contributed by atoms with van der Waals surface area (Å²) < 4.78 is 1.16. The summed E-state index contributed by atoms with van der Waals surface area (Å²) in [7, 11) is 0. The molecule has 0 nitrogen and oxygen atoms in total. The average Bonchev–Trinajstić information content (AvgIpc) is 2.90. The fourth-order valence-electron chi connectivity index (χ4n) is 4.75. The van der Waals surface area contributed by atoms with Gasteiger partial charge in [0.1, 0.15) is 0 Å². The van der Waals surface area contributed by atoms with E-state index in [-0.39, 0.29) is 0 Å². The first-order chi connectivity index (χ1) is 16.3. The van der Waals surface area contributed by atoms with Gasteiger partial charge in [-0.3, -0.25) is 0 Å². The lowest BCUT2D eigenvalue weighted by molar-refractivity contribution is 1.58. The smallest absolute Gasteiger partial charge is 0.0332 e. The Labute approximate surface area is 202 Å². The highest BCUT2D eigenvalue weighted by atomic mass is 79.9. The van der Waals surface area contributed by atoms with E-state index >= 15 is 0 Å². The Kier molecular flexibility index (Phi) is 5.05. The first-order valence-electron chi connectivity index (χ1n) is 11.1. The number of rotatable bonds is 3. The molecule has 0 aliphatic carbocycles. The summed E-state index contributed by atoms with van der Waals surface area (Å²) in [5.74, 6) is 0. The molecule has 156 valence electrons. The van der Waals surface area contributed by atoms with Gasteiger partial charge in [0, 0.05) is 4.47 Å². The molecule has 0 unspecified atom stereocenters. The quantitative estimate of drug-likeness (QED) is 0.219. The van der Waals surface area contributed by atoms with E-state index in [2.05, 4.69) is 143 Å². The molecule has 6 rings (SSSR count). The zero-order valence-electron chi connectivity index (χ0n) is 18.0. The minimum Gasteiger partial charge on any atom is -0.0622 e. The zero-order chi connectivity index (χ0) is 22.2. The van der Waals surface area contributed by atoms with Crippen molar-refractivity contribution in [2.45, 2.75) is 0 Å². The van der Waals surface area contributed by atoms with Crippen LogP contribution in [0.5, 0.6) is 0 Å². The number of halogens is 1. The molecule has 0 aliphatic rings. The summed E-state index contributed by atoms with van der Waals surface area (Å²) in [4.78, 5) is 0. The molecule has 1 heteroatoms. The van der Waals surface area contributed by atoms with Crippen molar-refractivity contribution < 1.29 is 0 Å². The molecule has 0 heterocycles. The van der Waals surface area contributed by atoms with Gasteiger partial charge in [0.05, 0.1) is 0 Å². The second-order valence-electron chi connectivity index (χ2n) is 8.31. The van der Waals surface area contributed by atoms with Crippen molar-refractivity contribution in [1.82, 2.24) is 0 Å². The van der Waals surface area contributed by atoms with E-state index in [0.717, 1.165) is 4.47 Å². The summed E-state index contributed by atoms with van der Waals surface area (Å²) in [5.41, 5.74) is 7.44. The van der Waals surface area contributed by atoms with E-state index in [0.29, 0.717) is 0 Å². The second-order valence-corrected chi connectivity index (χ2v) is 9.10. The molecule has 0 atom stereocenters. The van der Waals surface area contributed by atoms with Crippen molar-refractivity contribution in [2.75, 3.05) is 0 Å². The predicted molar refractivity (Wildman–Crippen MR) is 145 cm³/mol. The van der Waals surface area contributed by atoms with Crippen LogP contribution in [0.25, 0.3) is 54.9 Å². The van der Waals surface area contributed by atoms with Crippen LogP contribution in [0, 0.1) is 0 Å². The molecule has 0 spiro atoms. The average molecular weight is 485 g/mol. The summed E-state index contributed by atoms with van der Waals surface area (Å²) in [5, 5.41) is 5.00. The third-order valence-corrected chi connectivity index (χ3v) is 7.17. The number of hydrogen-bond acceptors (Lipinski definition) is 0. The fourth-order valence-corrected chi connectivity index (χ4v) is 5.44. The maximum absolute atomic E-state index is 3.87. The van der Waals surface area contributed by atoms with Crippen molar-refractivity contribution in [3.05, 3.63) is 132 Å². The van der Waals surface area contributed by atoms with Crippen LogP contribution >= 0.6 is 15.9 Å². The molecule has 6 aromatic carbocycles. The Bertz CT molecular complexity index is 1560. The van der Waals surface area contributed by atoms with Gasteiger partial charge in [-0.05, 0) is 83.0 Å². The van der Waals surface area contributed by atoms with E-state index in [9.17, 15) is 0 Å². The minimum atomic E-state index is 1.16. The Morgan fingerprint density at radius 2 is 0.727 bits per heavy atom. The van der Waals surface area contributed by atoms with Gasteiger partial charge in [0.15, 0.2) is 0 Å². The van der Waals surface area contributed by atoms with E-state index in [1.54, 1.807) is 0 Å². The molecule has 0 saturated carbocycles. The first-order valence-corrected chi connectivity index (χ1v) is 11.9. The lowest BCUT2D eigenvalue weighted by Crippen LogP contribution is -1.88. The minimum absolute atomic E-state index is 1.16. The van der Waals surface area contributed by atoms with Crippen LogP contribution in [0.1, 0.15) is 0 Å². The Morgan fingerprint density at radius 3 is 1.30 bits per heavy atom. The highest BCUT2D eigenvalue weighted by molar-refractivity contribution is 9.10. The largest absolute Gasteiger partial charge is 0.0622 e. The van der Waals surface area contributed by atoms with E-state index in [1.807, 2.05) is 0 Å². The molecule has 0 aromatic heterocycles. The molecule has 6 aromatic rings. The van der Waals surface area contributed by atoms with E-state index in [1.165, 1.54) is 54.9 Å². The van der Waals surface area contributed by atoms with Crippen LogP contribution in [0.15, 0.2) is 132 Å². The highest BCUT2D eigenvalue weighted by Gasteiger charge is 2.14. The molecule has 0 amide bonds. The van der Waals surface area contributed by atoms with Crippen LogP contribution in [0.2, 0.25) is 0 Å². The monoisotopic (exact) mass is 484 g/mol. The number of hydrogen-bond donors (Lipinski definition) is 0. The summed E-state index contributed by atoms with van der Waals surface area (Å²) in [6, 6.07) is 45.6. The molecule has 0 radical (unpaired) electrons. The van der Waals surface area contributed by atoms with Crippen molar-refractivity contribution in [2.24, 2.45) is 0 Å². The van der Waals surface area contributed by atoms with Gasteiger partial charge in [-0.2, -0.15) is 0 Å². The summed E-state index contributed by atoms with van der Waals surface area (Å²) >= 11 is 3.87. The molecular formula is C32H21Br. The van der Waals surface area contributed by atoms with Crippen molar-refractivity contribution >= 4 is 37.5 Å². The van der Waals surface area contributed by atoms with Crippen LogP contribution in [-0.2, 0) is 0 Å². The van der Waals surface area contributed by atoms with Crippen molar-refractivity contribution in [1.29, 1.82) is 0 Å². The second kappa shape index (κ2) is 8.35. The molecule has 0 bridgehead atoms. The first kappa shape index (κ1) is 20.0. The van der Waals surface area contributed by atoms with Gasteiger partial charge in [0.25, 0.3) is 0 Å². The zero-order valence-corrected chi connectivity index (χ0v) is 19.6. The highest BCUT2D eigenvalue weighted by Crippen LogP contribution is 2.42. The van der Waals surface area contributed by atoms with Crippen LogP contribution in [0.3, 0.4) is 0 Å². The normalized spacial score (nSPS) is 11.2. The van der Waals surface area contributed by atoms with Gasteiger partial charge >= 0.3 is 0 Å². The van der Waals surface area contributed by atoms with Crippen LogP contribution in [0.4, 0.5) is 0 Å². The van der Waals surface area contributed by atoms with E-state index in [4.69, 9.17) is 0 Å². The molecule has 0 aliphatic heterocycles. The van der Waals surface area contributed by atoms with Crippen LogP contribution in [-0.4, -0.2) is 0 Å². The Hall–Kier alpha value is -3.68. The lowest BCUT2D eigenvalue weighted by Gasteiger charge is -2.15. The molecule has 0 N–H and O–H groups in total. The number of fused-ring (bicyclic) bond motifs is 2. The molecule has 0 fully saturated rings. The maximum Gasteiger partial charge on any atom is 0.0332 e. The predicted octanol–water partition coefficient (Wildman–Crippen LogP) is 9.76. The van der Waals surface area contributed by atoms with Gasteiger partial charge in [0.2, 0.25) is 0 Å². The summed E-state index contributed by atoms with van der Waals surface area (Å²) in [6.45, 7) is 0. The Balaban J connectivity index is 1.56. The summed E-state index contributed by atoms with van der Waals surface area (Å²) in [6.07, 6.45) is 0. The molecule has 0 saturated heterocycles. The third-order valence-electron chi connectivity index (χ3n) is 6.32. The van der Waals surface area contributed by atoms with Gasteiger partial charge in [-0.25, -0.2) is 0 Å². The van der Waals surface area contributed by atoms with Gasteiger partial charge in [-0.15, -0.1) is 0 Å². The fraction of sp³-hybridized carbons (Fsp3) is 0. The number of benzene rings is 6. The van der Waals surface area contributed by atoms with Crippen LogP contribution < -0.4 is 0 Å². The third kappa shape index (κ3) is 3.55. The van der Waals surface area contributed by atoms with Crippen molar-refractivity contribution in [3.8, 4) is 33.4 Å². The topological polar surface area (TPSA) is 0 Å². The Morgan fingerprint density at radius 1 is 0.333 bits per heavy atom. The standard InChI is InChI=1S/C32H21Br/c33-32-29-18-6-4-16-27(29)31(28-17-5-7-19-30(28)32)26-15-9-14-25(21-26)24-13-8-12-23(20-24)22-10-2-1-3-11-22/h1-21H. The van der Waals surface area contributed by atoms with Crippen molar-refractivity contribution in [3.63, 3.8) is 0 Å². The molecule has 33 heavy (non-hydrogen) atoms. The van der Waals surface area contributed by atoms with E-state index < -0.39 is 0 Å².